The molecular formula is C15H12ClF3N4OS. The predicted molar refractivity (Wildman–Crippen MR) is 90.1 cm³/mol. The third-order valence-electron chi connectivity index (χ3n) is 3.48. The Morgan fingerprint density at radius 1 is 1.40 bits per heavy atom. The Bertz CT molecular complexity index is 1050. The van der Waals surface area contributed by atoms with Gasteiger partial charge in [0.1, 0.15) is 5.15 Å². The minimum atomic E-state index is -4.59. The molecule has 3 heterocycles. The summed E-state index contributed by atoms with van der Waals surface area (Å²) in [5, 5.41) is 3.26. The number of aromatic nitrogens is 4. The van der Waals surface area contributed by atoms with Gasteiger partial charge in [0.05, 0.1) is 17.9 Å². The second-order valence-electron chi connectivity index (χ2n) is 5.50. The molecule has 0 amide bonds. The molecule has 0 fully saturated rings. The van der Waals surface area contributed by atoms with E-state index in [4.69, 9.17) is 11.6 Å². The van der Waals surface area contributed by atoms with E-state index < -0.39 is 11.9 Å². The fraction of sp³-hybridized carbons (Fsp3) is 0.267. The molecule has 0 atom stereocenters. The lowest BCUT2D eigenvalue weighted by Gasteiger charge is -2.05. The Balaban J connectivity index is 2.06. The van der Waals surface area contributed by atoms with Crippen LogP contribution in [0.2, 0.25) is 5.15 Å². The smallest absolute Gasteiger partial charge is 0.269 e. The maximum absolute atomic E-state index is 12.7. The molecule has 0 aliphatic carbocycles. The van der Waals surface area contributed by atoms with Crippen LogP contribution < -0.4 is 5.56 Å². The molecule has 0 radical (unpaired) electrons. The summed E-state index contributed by atoms with van der Waals surface area (Å²) in [6.45, 7) is 7.36. The number of nitrogens with zero attached hydrogens (tertiary/aromatic N) is 4. The Morgan fingerprint density at radius 2 is 2.08 bits per heavy atom. The molecule has 0 saturated heterocycles. The van der Waals surface area contributed by atoms with Gasteiger partial charge >= 0.3 is 6.18 Å². The van der Waals surface area contributed by atoms with Gasteiger partial charge in [0.15, 0.2) is 10.7 Å². The number of aryl methyl sites for hydroxylation is 1. The van der Waals surface area contributed by atoms with Gasteiger partial charge in [-0.2, -0.15) is 18.3 Å². The second-order valence-corrected chi connectivity index (χ2v) is 7.07. The maximum atomic E-state index is 12.7. The van der Waals surface area contributed by atoms with Gasteiger partial charge in [0.2, 0.25) is 0 Å². The molecule has 0 aliphatic rings. The van der Waals surface area contributed by atoms with Crippen molar-refractivity contribution in [2.75, 3.05) is 0 Å². The van der Waals surface area contributed by atoms with E-state index in [0.717, 1.165) is 21.2 Å². The quantitative estimate of drug-likeness (QED) is 0.681. The van der Waals surface area contributed by atoms with Crippen LogP contribution in [0.4, 0.5) is 13.2 Å². The number of thiazole rings is 1. The van der Waals surface area contributed by atoms with Gasteiger partial charge in [-0.15, -0.1) is 11.3 Å². The fourth-order valence-corrected chi connectivity index (χ4v) is 3.77. The number of fused-ring (bicyclic) bond motifs is 1. The van der Waals surface area contributed by atoms with Gasteiger partial charge in [-0.25, -0.2) is 9.67 Å². The standard InChI is InChI=1S/C15H12ClF3N4OS/c1-7(2)13-8(3)25-14-20-9(4-12(24)23(13)14)6-22-11(16)5-10(21-22)15(17,18)19/h4-5H,1,6H2,2-3H3. The molecule has 0 spiro atoms. The van der Waals surface area contributed by atoms with Crippen molar-refractivity contribution >= 4 is 33.5 Å². The van der Waals surface area contributed by atoms with Crippen LogP contribution in [0.1, 0.15) is 28.9 Å². The summed E-state index contributed by atoms with van der Waals surface area (Å²) in [4.78, 5) is 18.1. The van der Waals surface area contributed by atoms with Gasteiger partial charge in [0.25, 0.3) is 5.56 Å². The fourth-order valence-electron chi connectivity index (χ4n) is 2.49. The molecular weight excluding hydrogens is 377 g/mol. The van der Waals surface area contributed by atoms with E-state index in [9.17, 15) is 18.0 Å². The van der Waals surface area contributed by atoms with Crippen molar-refractivity contribution in [3.05, 3.63) is 56.2 Å². The molecule has 0 N–H and O–H groups in total. The lowest BCUT2D eigenvalue weighted by Crippen LogP contribution is -2.17. The molecule has 5 nitrogen and oxygen atoms in total. The van der Waals surface area contributed by atoms with Crippen molar-refractivity contribution in [1.29, 1.82) is 0 Å². The molecule has 10 heteroatoms. The van der Waals surface area contributed by atoms with Crippen LogP contribution in [0.15, 0.2) is 23.5 Å². The molecule has 0 aromatic carbocycles. The van der Waals surface area contributed by atoms with Crippen LogP contribution in [0.5, 0.6) is 0 Å². The van der Waals surface area contributed by atoms with Crippen LogP contribution in [0.25, 0.3) is 10.5 Å². The summed E-state index contributed by atoms with van der Waals surface area (Å²) < 4.78 is 40.5. The molecule has 3 aromatic rings. The van der Waals surface area contributed by atoms with Crippen molar-refractivity contribution in [3.63, 3.8) is 0 Å². The van der Waals surface area contributed by atoms with Crippen molar-refractivity contribution in [2.24, 2.45) is 0 Å². The zero-order chi connectivity index (χ0) is 18.5. The van der Waals surface area contributed by atoms with Crippen molar-refractivity contribution < 1.29 is 13.2 Å². The lowest BCUT2D eigenvalue weighted by molar-refractivity contribution is -0.141. The van der Waals surface area contributed by atoms with Crippen LogP contribution in [-0.2, 0) is 12.7 Å². The highest BCUT2D eigenvalue weighted by molar-refractivity contribution is 7.17. The summed E-state index contributed by atoms with van der Waals surface area (Å²) in [7, 11) is 0. The van der Waals surface area contributed by atoms with Crippen LogP contribution in [0, 0.1) is 6.92 Å². The molecule has 0 unspecified atom stereocenters. The minimum absolute atomic E-state index is 0.139. The summed E-state index contributed by atoms with van der Waals surface area (Å²) >= 11 is 7.12. The second kappa shape index (κ2) is 5.99. The normalized spacial score (nSPS) is 12.1. The molecule has 0 saturated carbocycles. The highest BCUT2D eigenvalue weighted by Gasteiger charge is 2.34. The topological polar surface area (TPSA) is 52.2 Å². The zero-order valence-corrected chi connectivity index (χ0v) is 14.8. The average Bonchev–Trinajstić information content (AvgIpc) is 2.99. The maximum Gasteiger partial charge on any atom is 0.435 e. The summed E-state index contributed by atoms with van der Waals surface area (Å²) in [6, 6.07) is 2.00. The first-order valence-corrected chi connectivity index (χ1v) is 8.26. The largest absolute Gasteiger partial charge is 0.435 e. The van der Waals surface area contributed by atoms with Gasteiger partial charge < -0.3 is 0 Å². The van der Waals surface area contributed by atoms with Crippen LogP contribution in [-0.4, -0.2) is 19.2 Å². The number of allylic oxidation sites excluding steroid dienone is 1. The van der Waals surface area contributed by atoms with E-state index in [-0.39, 0.29) is 23.0 Å². The van der Waals surface area contributed by atoms with Crippen molar-refractivity contribution in [1.82, 2.24) is 19.2 Å². The molecule has 3 rings (SSSR count). The molecule has 0 bridgehead atoms. The van der Waals surface area contributed by atoms with Gasteiger partial charge in [-0.1, -0.05) is 18.2 Å². The number of rotatable bonds is 3. The Kier molecular flexibility index (Phi) is 4.24. The first-order chi connectivity index (χ1) is 11.6. The van der Waals surface area contributed by atoms with E-state index in [1.807, 2.05) is 6.92 Å². The molecule has 25 heavy (non-hydrogen) atoms. The predicted octanol–water partition coefficient (Wildman–Crippen LogP) is 4.01. The number of hydrogen-bond donors (Lipinski definition) is 0. The number of halogens is 4. The van der Waals surface area contributed by atoms with Crippen LogP contribution >= 0.6 is 22.9 Å². The highest BCUT2D eigenvalue weighted by Crippen LogP contribution is 2.30. The number of alkyl halides is 3. The molecule has 132 valence electrons. The minimum Gasteiger partial charge on any atom is -0.269 e. The summed E-state index contributed by atoms with van der Waals surface area (Å²) in [5.74, 6) is 0. The third-order valence-corrected chi connectivity index (χ3v) is 4.74. The van der Waals surface area contributed by atoms with E-state index in [1.165, 1.54) is 21.8 Å². The average molecular weight is 389 g/mol. The summed E-state index contributed by atoms with van der Waals surface area (Å²) in [6.07, 6.45) is -4.59. The van der Waals surface area contributed by atoms with Crippen molar-refractivity contribution in [2.45, 2.75) is 26.6 Å². The summed E-state index contributed by atoms with van der Waals surface area (Å²) in [5.41, 5.74) is 0.276. The van der Waals surface area contributed by atoms with Crippen molar-refractivity contribution in [3.8, 4) is 0 Å². The first kappa shape index (κ1) is 17.7. The van der Waals surface area contributed by atoms with E-state index in [2.05, 4.69) is 16.7 Å². The Morgan fingerprint density at radius 3 is 2.64 bits per heavy atom. The molecule has 3 aromatic heterocycles. The third kappa shape index (κ3) is 3.21. The lowest BCUT2D eigenvalue weighted by atomic mass is 10.2. The van der Waals surface area contributed by atoms with Gasteiger partial charge in [-0.05, 0) is 19.4 Å². The first-order valence-electron chi connectivity index (χ1n) is 7.06. The van der Waals surface area contributed by atoms with Crippen LogP contribution in [0.3, 0.4) is 0 Å². The van der Waals surface area contributed by atoms with Gasteiger partial charge in [0, 0.05) is 17.0 Å². The SMILES string of the molecule is C=C(C)c1c(C)sc2nc(Cn3nc(C(F)(F)F)cc3Cl)cc(=O)n12. The van der Waals surface area contributed by atoms with E-state index in [0.29, 0.717) is 10.7 Å². The number of hydrogen-bond acceptors (Lipinski definition) is 4. The molecule has 0 aliphatic heterocycles. The monoisotopic (exact) mass is 388 g/mol. The van der Waals surface area contributed by atoms with Gasteiger partial charge in [-0.3, -0.25) is 9.20 Å². The highest BCUT2D eigenvalue weighted by atomic mass is 35.5. The van der Waals surface area contributed by atoms with E-state index in [1.54, 1.807) is 6.92 Å². The zero-order valence-electron chi connectivity index (χ0n) is 13.2. The Hall–Kier alpha value is -2.13. The van der Waals surface area contributed by atoms with E-state index >= 15 is 0 Å². The Labute approximate surface area is 149 Å².